The molecular weight excluding hydrogens is 230 g/mol. The van der Waals surface area contributed by atoms with Gasteiger partial charge < -0.3 is 5.32 Å². The molecule has 100 valence electrons. The Balaban J connectivity index is 1.69. The molecule has 0 heterocycles. The minimum Gasteiger partial charge on any atom is -0.310 e. The van der Waals surface area contributed by atoms with E-state index in [1.165, 1.54) is 42.0 Å². The lowest BCUT2D eigenvalue weighted by Crippen LogP contribution is -2.25. The Hall–Kier alpha value is -1.34. The van der Waals surface area contributed by atoms with Gasteiger partial charge in [-0.25, -0.2) is 0 Å². The highest BCUT2D eigenvalue weighted by molar-refractivity contribution is 5.85. The second kappa shape index (κ2) is 5.75. The molecule has 1 saturated carbocycles. The van der Waals surface area contributed by atoms with Crippen LogP contribution < -0.4 is 5.32 Å². The molecule has 2 unspecified atom stereocenters. The van der Waals surface area contributed by atoms with Gasteiger partial charge in [0.1, 0.15) is 0 Å². The van der Waals surface area contributed by atoms with E-state index in [9.17, 15) is 0 Å². The molecule has 0 spiro atoms. The molecule has 1 aliphatic rings. The zero-order valence-electron chi connectivity index (χ0n) is 11.7. The first-order chi connectivity index (χ1) is 9.36. The SMILES string of the molecule is CCC1CCC(NCc2cccc3ccccc23)C1. The van der Waals surface area contributed by atoms with Crippen LogP contribution >= 0.6 is 0 Å². The van der Waals surface area contributed by atoms with Crippen LogP contribution in [-0.4, -0.2) is 6.04 Å². The molecular formula is C18H23N. The molecule has 1 fully saturated rings. The highest BCUT2D eigenvalue weighted by atomic mass is 14.9. The molecule has 0 aromatic heterocycles. The van der Waals surface area contributed by atoms with Crippen LogP contribution in [0.25, 0.3) is 10.8 Å². The fourth-order valence-electron chi connectivity index (χ4n) is 3.33. The summed E-state index contributed by atoms with van der Waals surface area (Å²) in [5.41, 5.74) is 1.43. The van der Waals surface area contributed by atoms with Crippen molar-refractivity contribution in [3.63, 3.8) is 0 Å². The van der Waals surface area contributed by atoms with Crippen LogP contribution in [0.2, 0.25) is 0 Å². The van der Waals surface area contributed by atoms with Gasteiger partial charge in [0.05, 0.1) is 0 Å². The number of hydrogen-bond acceptors (Lipinski definition) is 1. The fourth-order valence-corrected chi connectivity index (χ4v) is 3.33. The summed E-state index contributed by atoms with van der Waals surface area (Å²) < 4.78 is 0. The van der Waals surface area contributed by atoms with Crippen LogP contribution in [0.15, 0.2) is 42.5 Å². The zero-order valence-corrected chi connectivity index (χ0v) is 11.7. The summed E-state index contributed by atoms with van der Waals surface area (Å²) in [5, 5.41) is 6.49. The summed E-state index contributed by atoms with van der Waals surface area (Å²) in [4.78, 5) is 0. The van der Waals surface area contributed by atoms with Crippen molar-refractivity contribution in [2.24, 2.45) is 5.92 Å². The highest BCUT2D eigenvalue weighted by Crippen LogP contribution is 2.28. The Bertz CT molecular complexity index is 541. The van der Waals surface area contributed by atoms with Crippen molar-refractivity contribution >= 4 is 10.8 Å². The molecule has 0 radical (unpaired) electrons. The second-order valence-electron chi connectivity index (χ2n) is 5.80. The Kier molecular flexibility index (Phi) is 3.84. The maximum absolute atomic E-state index is 3.75. The van der Waals surface area contributed by atoms with E-state index in [1.807, 2.05) is 0 Å². The summed E-state index contributed by atoms with van der Waals surface area (Å²) >= 11 is 0. The molecule has 1 aliphatic carbocycles. The van der Waals surface area contributed by atoms with Gasteiger partial charge in [-0.1, -0.05) is 55.8 Å². The molecule has 1 N–H and O–H groups in total. The third-order valence-electron chi connectivity index (χ3n) is 4.58. The number of fused-ring (bicyclic) bond motifs is 1. The van der Waals surface area contributed by atoms with Crippen molar-refractivity contribution in [1.82, 2.24) is 5.32 Å². The third kappa shape index (κ3) is 2.82. The van der Waals surface area contributed by atoms with Crippen molar-refractivity contribution in [2.45, 2.75) is 45.2 Å². The van der Waals surface area contributed by atoms with Crippen LogP contribution in [-0.2, 0) is 6.54 Å². The highest BCUT2D eigenvalue weighted by Gasteiger charge is 2.22. The van der Waals surface area contributed by atoms with Gasteiger partial charge >= 0.3 is 0 Å². The van der Waals surface area contributed by atoms with E-state index in [1.54, 1.807) is 0 Å². The van der Waals surface area contributed by atoms with Crippen LogP contribution in [0.3, 0.4) is 0 Å². The molecule has 3 rings (SSSR count). The minimum atomic E-state index is 0.726. The second-order valence-corrected chi connectivity index (χ2v) is 5.80. The maximum Gasteiger partial charge on any atom is 0.0214 e. The molecule has 1 nitrogen and oxygen atoms in total. The van der Waals surface area contributed by atoms with Crippen LogP contribution in [0, 0.1) is 5.92 Å². The standard InChI is InChI=1S/C18H23N/c1-2-14-10-11-17(12-14)19-13-16-8-5-7-15-6-3-4-9-18(15)16/h3-9,14,17,19H,2,10-13H2,1H3. The molecule has 0 bridgehead atoms. The first-order valence-electron chi connectivity index (χ1n) is 7.57. The predicted octanol–water partition coefficient (Wildman–Crippen LogP) is 4.51. The molecule has 0 amide bonds. The van der Waals surface area contributed by atoms with Crippen molar-refractivity contribution in [3.05, 3.63) is 48.0 Å². The van der Waals surface area contributed by atoms with Gasteiger partial charge in [0.15, 0.2) is 0 Å². The summed E-state index contributed by atoms with van der Waals surface area (Å²) in [6.07, 6.45) is 5.46. The van der Waals surface area contributed by atoms with E-state index in [-0.39, 0.29) is 0 Å². The van der Waals surface area contributed by atoms with Gasteiger partial charge in [-0.2, -0.15) is 0 Å². The van der Waals surface area contributed by atoms with Crippen LogP contribution in [0.5, 0.6) is 0 Å². The van der Waals surface area contributed by atoms with E-state index in [0.717, 1.165) is 18.5 Å². The van der Waals surface area contributed by atoms with Gasteiger partial charge in [0.25, 0.3) is 0 Å². The van der Waals surface area contributed by atoms with E-state index in [0.29, 0.717) is 0 Å². The predicted molar refractivity (Wildman–Crippen MR) is 82.2 cm³/mol. The summed E-state index contributed by atoms with van der Waals surface area (Å²) in [6.45, 7) is 3.32. The zero-order chi connectivity index (χ0) is 13.1. The average molecular weight is 253 g/mol. The Morgan fingerprint density at radius 2 is 1.89 bits per heavy atom. The molecule has 2 aromatic rings. The van der Waals surface area contributed by atoms with E-state index in [2.05, 4.69) is 54.7 Å². The molecule has 0 saturated heterocycles. The lowest BCUT2D eigenvalue weighted by molar-refractivity contribution is 0.477. The van der Waals surface area contributed by atoms with E-state index in [4.69, 9.17) is 0 Å². The number of benzene rings is 2. The smallest absolute Gasteiger partial charge is 0.0214 e. The third-order valence-corrected chi connectivity index (χ3v) is 4.58. The number of hydrogen-bond donors (Lipinski definition) is 1. The first kappa shape index (κ1) is 12.7. The Morgan fingerprint density at radius 1 is 1.05 bits per heavy atom. The van der Waals surface area contributed by atoms with Crippen molar-refractivity contribution in [1.29, 1.82) is 0 Å². The van der Waals surface area contributed by atoms with Crippen LogP contribution in [0.4, 0.5) is 0 Å². The number of nitrogens with one attached hydrogen (secondary N) is 1. The summed E-state index contributed by atoms with van der Waals surface area (Å²) in [6, 6.07) is 16.0. The Labute approximate surface area is 116 Å². The molecule has 2 aromatic carbocycles. The van der Waals surface area contributed by atoms with Gasteiger partial charge in [0.2, 0.25) is 0 Å². The van der Waals surface area contributed by atoms with E-state index < -0.39 is 0 Å². The quantitative estimate of drug-likeness (QED) is 0.845. The molecule has 1 heteroatoms. The Morgan fingerprint density at radius 3 is 2.74 bits per heavy atom. The van der Waals surface area contributed by atoms with Crippen molar-refractivity contribution < 1.29 is 0 Å². The average Bonchev–Trinajstić information content (AvgIpc) is 2.93. The monoisotopic (exact) mass is 253 g/mol. The van der Waals surface area contributed by atoms with Gasteiger partial charge in [-0.05, 0) is 41.5 Å². The fraction of sp³-hybridized carbons (Fsp3) is 0.444. The van der Waals surface area contributed by atoms with Gasteiger partial charge in [-0.3, -0.25) is 0 Å². The first-order valence-corrected chi connectivity index (χ1v) is 7.57. The summed E-state index contributed by atoms with van der Waals surface area (Å²) in [7, 11) is 0. The van der Waals surface area contributed by atoms with E-state index >= 15 is 0 Å². The van der Waals surface area contributed by atoms with Gasteiger partial charge in [0, 0.05) is 12.6 Å². The largest absolute Gasteiger partial charge is 0.310 e. The number of rotatable bonds is 4. The van der Waals surface area contributed by atoms with Crippen molar-refractivity contribution in [2.75, 3.05) is 0 Å². The summed E-state index contributed by atoms with van der Waals surface area (Å²) in [5.74, 6) is 0.949. The molecule has 19 heavy (non-hydrogen) atoms. The normalized spacial score (nSPS) is 23.0. The molecule has 2 atom stereocenters. The lowest BCUT2D eigenvalue weighted by atomic mass is 10.0. The van der Waals surface area contributed by atoms with Crippen LogP contribution in [0.1, 0.15) is 38.2 Å². The van der Waals surface area contributed by atoms with Crippen molar-refractivity contribution in [3.8, 4) is 0 Å². The molecule has 0 aliphatic heterocycles. The van der Waals surface area contributed by atoms with Gasteiger partial charge in [-0.15, -0.1) is 0 Å². The maximum atomic E-state index is 3.75. The lowest BCUT2D eigenvalue weighted by Gasteiger charge is -2.14. The minimum absolute atomic E-state index is 0.726. The topological polar surface area (TPSA) is 12.0 Å².